The molecule has 1 heterocycles. The molecule has 0 N–H and O–H groups in total. The largest absolute Gasteiger partial charge is 0.495 e. The number of hydrogen-bond donors (Lipinski definition) is 0. The van der Waals surface area contributed by atoms with E-state index in [0.29, 0.717) is 42.9 Å². The van der Waals surface area contributed by atoms with Crippen LogP contribution in [0.3, 0.4) is 0 Å². The summed E-state index contributed by atoms with van der Waals surface area (Å²) in [7, 11) is -2.24. The molecule has 0 spiro atoms. The van der Waals surface area contributed by atoms with E-state index in [2.05, 4.69) is 20.8 Å². The molecule has 10 heteroatoms. The summed E-state index contributed by atoms with van der Waals surface area (Å²) in [5.41, 5.74) is 0.889. The van der Waals surface area contributed by atoms with E-state index in [1.54, 1.807) is 30.3 Å². The molecule has 2 aromatic carbocycles. The second-order valence-corrected chi connectivity index (χ2v) is 9.22. The third kappa shape index (κ3) is 4.52. The SMILES string of the molecule is COc1ccc(Br)cc1S(=O)(=O)N1CCN(Cc2cccc([N+](=O)[O-])c2)CC1. The van der Waals surface area contributed by atoms with Gasteiger partial charge in [0, 0.05) is 49.3 Å². The number of sulfonamides is 1. The molecule has 1 aliphatic rings. The number of halogens is 1. The van der Waals surface area contributed by atoms with Gasteiger partial charge in [0.25, 0.3) is 5.69 Å². The van der Waals surface area contributed by atoms with Crippen LogP contribution in [0.15, 0.2) is 51.8 Å². The Bertz CT molecular complexity index is 975. The van der Waals surface area contributed by atoms with Gasteiger partial charge in [-0.15, -0.1) is 0 Å². The van der Waals surface area contributed by atoms with Crippen LogP contribution in [0.25, 0.3) is 0 Å². The molecule has 1 fully saturated rings. The average molecular weight is 470 g/mol. The highest BCUT2D eigenvalue weighted by Crippen LogP contribution is 2.30. The van der Waals surface area contributed by atoms with Gasteiger partial charge in [-0.05, 0) is 23.8 Å². The predicted molar refractivity (Wildman–Crippen MR) is 108 cm³/mol. The number of methoxy groups -OCH3 is 1. The first kappa shape index (κ1) is 20.7. The van der Waals surface area contributed by atoms with Crippen molar-refractivity contribution in [1.82, 2.24) is 9.21 Å². The first-order chi connectivity index (χ1) is 13.3. The van der Waals surface area contributed by atoms with Crippen molar-refractivity contribution in [1.29, 1.82) is 0 Å². The van der Waals surface area contributed by atoms with Crippen molar-refractivity contribution in [2.45, 2.75) is 11.4 Å². The van der Waals surface area contributed by atoms with E-state index in [4.69, 9.17) is 4.74 Å². The minimum atomic E-state index is -3.68. The van der Waals surface area contributed by atoms with Crippen molar-refractivity contribution >= 4 is 31.6 Å². The highest BCUT2D eigenvalue weighted by Gasteiger charge is 2.31. The maximum Gasteiger partial charge on any atom is 0.269 e. The van der Waals surface area contributed by atoms with Crippen LogP contribution in [-0.4, -0.2) is 55.8 Å². The highest BCUT2D eigenvalue weighted by atomic mass is 79.9. The van der Waals surface area contributed by atoms with Gasteiger partial charge in [-0.3, -0.25) is 15.0 Å². The second-order valence-electron chi connectivity index (χ2n) is 6.40. The summed E-state index contributed by atoms with van der Waals surface area (Å²) in [6.07, 6.45) is 0. The molecule has 0 aliphatic carbocycles. The molecule has 150 valence electrons. The average Bonchev–Trinajstić information content (AvgIpc) is 2.68. The Hall–Kier alpha value is -2.01. The van der Waals surface area contributed by atoms with E-state index in [0.717, 1.165) is 5.56 Å². The Labute approximate surface area is 172 Å². The maximum absolute atomic E-state index is 13.0. The number of benzene rings is 2. The van der Waals surface area contributed by atoms with Gasteiger partial charge in [0.1, 0.15) is 10.6 Å². The monoisotopic (exact) mass is 469 g/mol. The number of piperazine rings is 1. The fourth-order valence-electron chi connectivity index (χ4n) is 3.15. The fraction of sp³-hybridized carbons (Fsp3) is 0.333. The zero-order valence-electron chi connectivity index (χ0n) is 15.2. The van der Waals surface area contributed by atoms with E-state index < -0.39 is 14.9 Å². The summed E-state index contributed by atoms with van der Waals surface area (Å²) in [6.45, 7) is 2.30. The molecule has 0 atom stereocenters. The van der Waals surface area contributed by atoms with Gasteiger partial charge in [0.2, 0.25) is 10.0 Å². The Morgan fingerprint density at radius 3 is 2.50 bits per heavy atom. The lowest BCUT2D eigenvalue weighted by atomic mass is 10.2. The van der Waals surface area contributed by atoms with Crippen LogP contribution in [-0.2, 0) is 16.6 Å². The van der Waals surface area contributed by atoms with Crippen LogP contribution in [0.5, 0.6) is 5.75 Å². The molecule has 0 saturated carbocycles. The molecule has 2 aromatic rings. The maximum atomic E-state index is 13.0. The lowest BCUT2D eigenvalue weighted by Crippen LogP contribution is -2.48. The Balaban J connectivity index is 1.69. The quantitative estimate of drug-likeness (QED) is 0.476. The van der Waals surface area contributed by atoms with E-state index in [-0.39, 0.29) is 10.6 Å². The molecule has 0 unspecified atom stereocenters. The molecule has 0 bridgehead atoms. The van der Waals surface area contributed by atoms with Gasteiger partial charge >= 0.3 is 0 Å². The summed E-state index contributed by atoms with van der Waals surface area (Å²) in [5.74, 6) is 0.308. The van der Waals surface area contributed by atoms with Crippen LogP contribution < -0.4 is 4.74 Å². The number of rotatable bonds is 6. The Kier molecular flexibility index (Phi) is 6.33. The molecule has 0 amide bonds. The predicted octanol–water partition coefficient (Wildman–Crippen LogP) is 2.87. The molecule has 0 radical (unpaired) electrons. The van der Waals surface area contributed by atoms with Crippen molar-refractivity contribution in [3.63, 3.8) is 0 Å². The standard InChI is InChI=1S/C18H20BrN3O5S/c1-27-17-6-5-15(19)12-18(17)28(25,26)21-9-7-20(8-10-21)13-14-3-2-4-16(11-14)22(23)24/h2-6,11-12H,7-10,13H2,1H3. The first-order valence-electron chi connectivity index (χ1n) is 8.60. The molecule has 1 aliphatic heterocycles. The highest BCUT2D eigenvalue weighted by molar-refractivity contribution is 9.10. The van der Waals surface area contributed by atoms with Gasteiger partial charge in [-0.25, -0.2) is 8.42 Å². The number of non-ortho nitro benzene ring substituents is 1. The van der Waals surface area contributed by atoms with Gasteiger partial charge in [0.05, 0.1) is 12.0 Å². The van der Waals surface area contributed by atoms with Crippen molar-refractivity contribution in [2.24, 2.45) is 0 Å². The summed E-state index contributed by atoms with van der Waals surface area (Å²) >= 11 is 3.31. The lowest BCUT2D eigenvalue weighted by Gasteiger charge is -2.34. The van der Waals surface area contributed by atoms with Crippen LogP contribution >= 0.6 is 15.9 Å². The van der Waals surface area contributed by atoms with Crippen LogP contribution in [0.1, 0.15) is 5.56 Å². The van der Waals surface area contributed by atoms with Gasteiger partial charge in [-0.2, -0.15) is 4.31 Å². The number of ether oxygens (including phenoxy) is 1. The molecular formula is C18H20BrN3O5S. The third-order valence-corrected chi connectivity index (χ3v) is 7.02. The molecule has 8 nitrogen and oxygen atoms in total. The number of nitro benzene ring substituents is 1. The van der Waals surface area contributed by atoms with E-state index in [9.17, 15) is 18.5 Å². The summed E-state index contributed by atoms with van der Waals surface area (Å²) in [5, 5.41) is 10.9. The van der Waals surface area contributed by atoms with Gasteiger partial charge in [-0.1, -0.05) is 28.1 Å². The van der Waals surface area contributed by atoms with Crippen LogP contribution in [0, 0.1) is 10.1 Å². The van der Waals surface area contributed by atoms with E-state index >= 15 is 0 Å². The molecular weight excluding hydrogens is 450 g/mol. The van der Waals surface area contributed by atoms with E-state index in [1.165, 1.54) is 17.5 Å². The minimum absolute atomic E-state index is 0.0560. The van der Waals surface area contributed by atoms with Gasteiger partial charge < -0.3 is 4.74 Å². The van der Waals surface area contributed by atoms with Crippen molar-refractivity contribution < 1.29 is 18.1 Å². The number of nitrogens with zero attached hydrogens (tertiary/aromatic N) is 3. The number of hydrogen-bond acceptors (Lipinski definition) is 6. The Morgan fingerprint density at radius 1 is 1.14 bits per heavy atom. The van der Waals surface area contributed by atoms with Crippen LogP contribution in [0.4, 0.5) is 5.69 Å². The fourth-order valence-corrected chi connectivity index (χ4v) is 5.26. The summed E-state index contributed by atoms with van der Waals surface area (Å²) in [4.78, 5) is 12.7. The minimum Gasteiger partial charge on any atom is -0.495 e. The molecule has 28 heavy (non-hydrogen) atoms. The zero-order chi connectivity index (χ0) is 20.3. The number of nitro groups is 1. The molecule has 0 aromatic heterocycles. The van der Waals surface area contributed by atoms with Crippen molar-refractivity contribution in [3.8, 4) is 5.75 Å². The second kappa shape index (κ2) is 8.56. The Morgan fingerprint density at radius 2 is 1.86 bits per heavy atom. The summed E-state index contributed by atoms with van der Waals surface area (Å²) < 4.78 is 33.4. The zero-order valence-corrected chi connectivity index (χ0v) is 17.6. The lowest BCUT2D eigenvalue weighted by molar-refractivity contribution is -0.384. The summed E-state index contributed by atoms with van der Waals surface area (Å²) in [6, 6.07) is 11.4. The van der Waals surface area contributed by atoms with E-state index in [1.807, 2.05) is 6.07 Å². The van der Waals surface area contributed by atoms with Gasteiger partial charge in [0.15, 0.2) is 0 Å². The molecule has 3 rings (SSSR count). The van der Waals surface area contributed by atoms with Crippen molar-refractivity contribution in [3.05, 3.63) is 62.6 Å². The topological polar surface area (TPSA) is 93.0 Å². The van der Waals surface area contributed by atoms with Crippen LogP contribution in [0.2, 0.25) is 0 Å². The normalized spacial score (nSPS) is 16.1. The molecule has 1 saturated heterocycles. The van der Waals surface area contributed by atoms with Crippen molar-refractivity contribution in [2.75, 3.05) is 33.3 Å². The third-order valence-electron chi connectivity index (χ3n) is 4.60. The smallest absolute Gasteiger partial charge is 0.269 e. The first-order valence-corrected chi connectivity index (χ1v) is 10.8.